The van der Waals surface area contributed by atoms with E-state index in [0.29, 0.717) is 31.1 Å². The molecule has 0 unspecified atom stereocenters. The van der Waals surface area contributed by atoms with Crippen molar-refractivity contribution in [3.63, 3.8) is 0 Å². The Balaban J connectivity index is 1.49. The maximum Gasteiger partial charge on any atom is 0.252 e. The van der Waals surface area contributed by atoms with Crippen LogP contribution < -0.4 is 15.0 Å². The molecule has 2 aromatic heterocycles. The van der Waals surface area contributed by atoms with Gasteiger partial charge in [0.2, 0.25) is 0 Å². The molecule has 0 saturated carbocycles. The lowest BCUT2D eigenvalue weighted by Gasteiger charge is -2.30. The van der Waals surface area contributed by atoms with E-state index in [0.717, 1.165) is 71.3 Å². The van der Waals surface area contributed by atoms with E-state index in [1.807, 2.05) is 35.9 Å². The van der Waals surface area contributed by atoms with Gasteiger partial charge in [-0.25, -0.2) is 4.68 Å². The van der Waals surface area contributed by atoms with Crippen LogP contribution >= 0.6 is 0 Å². The normalized spacial score (nSPS) is 16.0. The van der Waals surface area contributed by atoms with Crippen molar-refractivity contribution in [2.75, 3.05) is 27.4 Å². The molecule has 0 amide bonds. The number of aromatic amines is 1. The first-order valence-electron chi connectivity index (χ1n) is 14.4. The third-order valence-electron chi connectivity index (χ3n) is 8.12. The van der Waals surface area contributed by atoms with Crippen LogP contribution in [-0.2, 0) is 24.2 Å². The monoisotopic (exact) mass is 560 g/mol. The number of fused-ring (bicyclic) bond motifs is 1. The average molecular weight is 561 g/mol. The molecule has 0 bridgehead atoms. The number of rotatable bonds is 12. The van der Waals surface area contributed by atoms with Crippen molar-refractivity contribution >= 4 is 10.9 Å². The maximum atomic E-state index is 13.4. The van der Waals surface area contributed by atoms with Gasteiger partial charge in [-0.05, 0) is 84.8 Å². The number of ether oxygens (including phenoxy) is 3. The average Bonchev–Trinajstić information content (AvgIpc) is 3.67. The molecule has 1 N–H and O–H groups in total. The number of H-pyrrole nitrogens is 1. The number of tetrazole rings is 1. The molecule has 2 aromatic carbocycles. The number of pyridine rings is 1. The van der Waals surface area contributed by atoms with Crippen molar-refractivity contribution in [2.24, 2.45) is 0 Å². The summed E-state index contributed by atoms with van der Waals surface area (Å²) >= 11 is 0. The molecule has 1 aliphatic rings. The largest absolute Gasteiger partial charge is 0.493 e. The molecular formula is C31H40N6O4. The van der Waals surface area contributed by atoms with E-state index in [2.05, 4.69) is 51.4 Å². The van der Waals surface area contributed by atoms with E-state index in [1.54, 1.807) is 14.2 Å². The van der Waals surface area contributed by atoms with Crippen molar-refractivity contribution < 1.29 is 14.2 Å². The summed E-state index contributed by atoms with van der Waals surface area (Å²) in [6.45, 7) is 8.78. The Hall–Kier alpha value is -3.76. The molecule has 2 atom stereocenters. The molecule has 1 aliphatic heterocycles. The summed E-state index contributed by atoms with van der Waals surface area (Å²) in [6, 6.07) is 12.1. The highest BCUT2D eigenvalue weighted by molar-refractivity contribution is 5.85. The summed E-state index contributed by atoms with van der Waals surface area (Å²) in [5, 5.41) is 13.9. The van der Waals surface area contributed by atoms with Crippen LogP contribution in [0.3, 0.4) is 0 Å². The Morgan fingerprint density at radius 3 is 2.66 bits per heavy atom. The molecule has 41 heavy (non-hydrogen) atoms. The van der Waals surface area contributed by atoms with Gasteiger partial charge < -0.3 is 19.2 Å². The highest BCUT2D eigenvalue weighted by atomic mass is 16.5. The van der Waals surface area contributed by atoms with E-state index in [4.69, 9.17) is 14.2 Å². The molecule has 218 valence electrons. The number of nitrogens with zero attached hydrogens (tertiary/aromatic N) is 5. The number of nitrogens with one attached hydrogen (secondary N) is 1. The fourth-order valence-corrected chi connectivity index (χ4v) is 5.77. The highest BCUT2D eigenvalue weighted by Gasteiger charge is 2.28. The van der Waals surface area contributed by atoms with Crippen LogP contribution in [0, 0.1) is 13.8 Å². The Morgan fingerprint density at radius 2 is 1.93 bits per heavy atom. The smallest absolute Gasteiger partial charge is 0.252 e. The van der Waals surface area contributed by atoms with E-state index in [-0.39, 0.29) is 17.7 Å². The van der Waals surface area contributed by atoms with Crippen molar-refractivity contribution in [3.05, 3.63) is 74.8 Å². The van der Waals surface area contributed by atoms with Gasteiger partial charge in [0.1, 0.15) is 0 Å². The lowest BCUT2D eigenvalue weighted by atomic mass is 10.0. The minimum atomic E-state index is -0.0970. The van der Waals surface area contributed by atoms with Gasteiger partial charge in [-0.2, -0.15) is 0 Å². The van der Waals surface area contributed by atoms with Gasteiger partial charge in [0.15, 0.2) is 17.3 Å². The third-order valence-corrected chi connectivity index (χ3v) is 8.12. The molecule has 10 heteroatoms. The van der Waals surface area contributed by atoms with Crippen LogP contribution in [0.1, 0.15) is 60.3 Å². The molecule has 3 heterocycles. The first-order chi connectivity index (χ1) is 19.9. The van der Waals surface area contributed by atoms with Crippen LogP contribution in [0.5, 0.6) is 11.5 Å². The standard InChI is InChI=1S/C31H40N6O4/c1-6-26(30-33-34-35-37(30)19-24-8-7-15-41-24)36(14-13-22-11-12-27(39-4)28(16-22)40-5)18-23-17-25-20(2)9-10-21(3)29(25)32-31(23)38/h9-12,16-17,24,26H,6-8,13-15,18-19H2,1-5H3,(H,32,38)/t24-,26-/m0/s1. The molecule has 1 saturated heterocycles. The number of aromatic nitrogens is 5. The van der Waals surface area contributed by atoms with E-state index < -0.39 is 0 Å². The predicted octanol–water partition coefficient (Wildman–Crippen LogP) is 4.52. The second kappa shape index (κ2) is 12.8. The highest BCUT2D eigenvalue weighted by Crippen LogP contribution is 2.30. The van der Waals surface area contributed by atoms with Crippen LogP contribution in [-0.4, -0.2) is 63.6 Å². The zero-order valence-electron chi connectivity index (χ0n) is 24.6. The SMILES string of the molecule is CC[C@@H](c1nnnn1C[C@@H]1CCCO1)N(CCc1ccc(OC)c(OC)c1)Cc1cc2c(C)ccc(C)c2[nH]c1=O. The lowest BCUT2D eigenvalue weighted by Crippen LogP contribution is -2.34. The molecule has 4 aromatic rings. The van der Waals surface area contributed by atoms with E-state index >= 15 is 0 Å². The van der Waals surface area contributed by atoms with Gasteiger partial charge in [-0.3, -0.25) is 9.69 Å². The summed E-state index contributed by atoms with van der Waals surface area (Å²) in [4.78, 5) is 18.8. The molecule has 0 spiro atoms. The van der Waals surface area contributed by atoms with E-state index in [9.17, 15) is 4.79 Å². The topological polar surface area (TPSA) is 107 Å². The Morgan fingerprint density at radius 1 is 1.12 bits per heavy atom. The lowest BCUT2D eigenvalue weighted by molar-refractivity contribution is 0.0893. The van der Waals surface area contributed by atoms with Gasteiger partial charge >= 0.3 is 0 Å². The van der Waals surface area contributed by atoms with Gasteiger partial charge in [-0.15, -0.1) is 5.10 Å². The minimum Gasteiger partial charge on any atom is -0.493 e. The maximum absolute atomic E-state index is 13.4. The van der Waals surface area contributed by atoms with Crippen molar-refractivity contribution in [1.29, 1.82) is 0 Å². The summed E-state index contributed by atoms with van der Waals surface area (Å²) in [5.41, 5.74) is 4.83. The molecule has 0 aliphatic carbocycles. The van der Waals surface area contributed by atoms with Crippen LogP contribution in [0.25, 0.3) is 10.9 Å². The number of hydrogen-bond acceptors (Lipinski definition) is 8. The fraction of sp³-hybridized carbons (Fsp3) is 0.484. The Bertz CT molecular complexity index is 1540. The summed E-state index contributed by atoms with van der Waals surface area (Å²) in [5.74, 6) is 2.18. The summed E-state index contributed by atoms with van der Waals surface area (Å²) < 4.78 is 18.7. The van der Waals surface area contributed by atoms with Crippen molar-refractivity contribution in [2.45, 2.75) is 71.7 Å². The minimum absolute atomic E-state index is 0.0730. The van der Waals surface area contributed by atoms with Crippen LogP contribution in [0.4, 0.5) is 0 Å². The van der Waals surface area contributed by atoms with E-state index in [1.165, 1.54) is 0 Å². The molecule has 0 radical (unpaired) electrons. The van der Waals surface area contributed by atoms with Crippen molar-refractivity contribution in [3.8, 4) is 11.5 Å². The molecule has 5 rings (SSSR count). The zero-order chi connectivity index (χ0) is 28.9. The second-order valence-corrected chi connectivity index (χ2v) is 10.8. The number of hydrogen-bond donors (Lipinski definition) is 1. The Kier molecular flexibility index (Phi) is 8.99. The van der Waals surface area contributed by atoms with Gasteiger partial charge in [-0.1, -0.05) is 25.1 Å². The third kappa shape index (κ3) is 6.28. The quantitative estimate of drug-likeness (QED) is 0.270. The van der Waals surface area contributed by atoms with Crippen LogP contribution in [0.2, 0.25) is 0 Å². The first-order valence-corrected chi connectivity index (χ1v) is 14.4. The first kappa shape index (κ1) is 28.8. The second-order valence-electron chi connectivity index (χ2n) is 10.8. The summed E-state index contributed by atoms with van der Waals surface area (Å²) in [7, 11) is 3.28. The van der Waals surface area contributed by atoms with Gasteiger partial charge in [0.25, 0.3) is 5.56 Å². The predicted molar refractivity (Wildman–Crippen MR) is 158 cm³/mol. The van der Waals surface area contributed by atoms with Crippen LogP contribution in [0.15, 0.2) is 41.2 Å². The zero-order valence-corrected chi connectivity index (χ0v) is 24.6. The molecule has 10 nitrogen and oxygen atoms in total. The van der Waals surface area contributed by atoms with Gasteiger partial charge in [0.05, 0.1) is 38.4 Å². The number of aryl methyl sites for hydroxylation is 2. The fourth-order valence-electron chi connectivity index (χ4n) is 5.77. The molecule has 1 fully saturated rings. The van der Waals surface area contributed by atoms with Crippen molar-refractivity contribution in [1.82, 2.24) is 30.1 Å². The Labute approximate surface area is 240 Å². The summed E-state index contributed by atoms with van der Waals surface area (Å²) in [6.07, 6.45) is 3.70. The number of benzene rings is 2. The van der Waals surface area contributed by atoms with Gasteiger partial charge in [0, 0.05) is 30.6 Å². The number of methoxy groups -OCH3 is 2. The molecular weight excluding hydrogens is 520 g/mol.